The summed E-state index contributed by atoms with van der Waals surface area (Å²) < 4.78 is 77.2. The molecule has 4 nitrogen and oxygen atoms in total. The van der Waals surface area contributed by atoms with Crippen LogP contribution in [-0.2, 0) is 17.1 Å². The molecule has 1 aliphatic heterocycles. The van der Waals surface area contributed by atoms with Gasteiger partial charge in [0.2, 0.25) is 0 Å². The van der Waals surface area contributed by atoms with Gasteiger partial charge in [-0.25, -0.2) is 0 Å². The van der Waals surface area contributed by atoms with Crippen molar-refractivity contribution in [1.29, 1.82) is 0 Å². The number of carboxylic acid groups (broad SMARTS) is 1. The number of carbonyl (C=O) groups excluding carboxylic acids is 1. The van der Waals surface area contributed by atoms with E-state index in [0.717, 1.165) is 4.90 Å². The Morgan fingerprint density at radius 1 is 1.00 bits per heavy atom. The van der Waals surface area contributed by atoms with Gasteiger partial charge in [-0.05, 0) is 30.0 Å². The number of piperidine rings is 1. The average molecular weight is 367 g/mol. The summed E-state index contributed by atoms with van der Waals surface area (Å²) in [6.07, 6.45) is -10.1. The zero-order valence-corrected chi connectivity index (χ0v) is 12.4. The molecule has 0 spiro atoms. The van der Waals surface area contributed by atoms with Crippen LogP contribution < -0.4 is 0 Å². The lowest BCUT2D eigenvalue weighted by Crippen LogP contribution is -2.34. The molecule has 1 aromatic rings. The molecule has 25 heavy (non-hydrogen) atoms. The van der Waals surface area contributed by atoms with Gasteiger partial charge in [-0.3, -0.25) is 9.59 Å². The number of carboxylic acids is 1. The molecule has 0 radical (unpaired) electrons. The molecule has 1 amide bonds. The Balaban J connectivity index is 1.87. The van der Waals surface area contributed by atoms with Gasteiger partial charge in [0.05, 0.1) is 22.6 Å². The summed E-state index contributed by atoms with van der Waals surface area (Å²) in [5, 5.41) is 8.90. The summed E-state index contributed by atoms with van der Waals surface area (Å²) in [6.45, 7) is -0.0302. The van der Waals surface area contributed by atoms with E-state index in [2.05, 4.69) is 0 Å². The first kappa shape index (κ1) is 17.6. The second-order valence-electron chi connectivity index (χ2n) is 6.16. The Hall–Kier alpha value is -2.26. The maximum atomic E-state index is 13.1. The van der Waals surface area contributed by atoms with Gasteiger partial charge in [0, 0.05) is 13.1 Å². The van der Waals surface area contributed by atoms with Crippen molar-refractivity contribution in [2.24, 2.45) is 17.8 Å². The van der Waals surface area contributed by atoms with Crippen molar-refractivity contribution in [3.05, 3.63) is 34.9 Å². The zero-order valence-electron chi connectivity index (χ0n) is 12.4. The molecule has 1 aliphatic carbocycles. The van der Waals surface area contributed by atoms with Crippen LogP contribution in [0.3, 0.4) is 0 Å². The number of halogens is 6. The number of rotatable bonds is 2. The van der Waals surface area contributed by atoms with Crippen LogP contribution in [0.4, 0.5) is 26.3 Å². The Bertz CT molecular complexity index is 730. The monoisotopic (exact) mass is 367 g/mol. The van der Waals surface area contributed by atoms with Crippen molar-refractivity contribution in [3.63, 3.8) is 0 Å². The molecule has 0 bridgehead atoms. The first-order chi connectivity index (χ1) is 11.4. The van der Waals surface area contributed by atoms with Gasteiger partial charge in [-0.1, -0.05) is 0 Å². The van der Waals surface area contributed by atoms with Crippen LogP contribution in [-0.4, -0.2) is 35.0 Å². The van der Waals surface area contributed by atoms with E-state index in [1.807, 2.05) is 0 Å². The van der Waals surface area contributed by atoms with E-state index < -0.39 is 46.8 Å². The summed E-state index contributed by atoms with van der Waals surface area (Å²) in [4.78, 5) is 24.3. The van der Waals surface area contributed by atoms with Crippen LogP contribution in [0.2, 0.25) is 0 Å². The van der Waals surface area contributed by atoms with Crippen molar-refractivity contribution in [1.82, 2.24) is 4.90 Å². The predicted octanol–water partition coefficient (Wildman–Crippen LogP) is 3.13. The smallest absolute Gasteiger partial charge is 0.417 e. The number of nitrogens with zero attached hydrogens (tertiary/aromatic N) is 1. The molecule has 1 saturated carbocycles. The lowest BCUT2D eigenvalue weighted by Gasteiger charge is -2.22. The zero-order chi connectivity index (χ0) is 18.7. The number of amides is 1. The van der Waals surface area contributed by atoms with Gasteiger partial charge < -0.3 is 10.0 Å². The molecule has 1 saturated heterocycles. The number of fused-ring (bicyclic) bond motifs is 1. The van der Waals surface area contributed by atoms with Crippen LogP contribution >= 0.6 is 0 Å². The fourth-order valence-electron chi connectivity index (χ4n) is 3.37. The van der Waals surface area contributed by atoms with Gasteiger partial charge >= 0.3 is 18.3 Å². The van der Waals surface area contributed by atoms with Crippen LogP contribution in [0, 0.1) is 17.8 Å². The maximum Gasteiger partial charge on any atom is 0.417 e. The van der Waals surface area contributed by atoms with Gasteiger partial charge in [-0.15, -0.1) is 0 Å². The molecule has 1 heterocycles. The fraction of sp³-hybridized carbons (Fsp3) is 0.467. The number of alkyl halides is 6. The molecule has 2 fully saturated rings. The molecule has 3 rings (SSSR count). The van der Waals surface area contributed by atoms with Crippen molar-refractivity contribution in [3.8, 4) is 0 Å². The van der Waals surface area contributed by atoms with Crippen LogP contribution in [0.15, 0.2) is 18.2 Å². The summed E-state index contributed by atoms with van der Waals surface area (Å²) >= 11 is 0. The normalized spacial score (nSPS) is 25.7. The van der Waals surface area contributed by atoms with E-state index in [0.29, 0.717) is 12.1 Å². The van der Waals surface area contributed by atoms with Crippen molar-refractivity contribution in [2.75, 3.05) is 13.1 Å². The number of carbonyl (C=O) groups is 2. The van der Waals surface area contributed by atoms with E-state index in [9.17, 15) is 35.9 Å². The quantitative estimate of drug-likeness (QED) is 0.818. The van der Waals surface area contributed by atoms with Crippen molar-refractivity contribution < 1.29 is 41.0 Å². The molecular weight excluding hydrogens is 356 g/mol. The Kier molecular flexibility index (Phi) is 3.77. The van der Waals surface area contributed by atoms with Crippen LogP contribution in [0.1, 0.15) is 21.5 Å². The van der Waals surface area contributed by atoms with Gasteiger partial charge in [-0.2, -0.15) is 26.3 Å². The third-order valence-corrected chi connectivity index (χ3v) is 4.65. The molecule has 2 unspecified atom stereocenters. The minimum atomic E-state index is -5.13. The van der Waals surface area contributed by atoms with E-state index in [1.54, 1.807) is 0 Å². The summed E-state index contributed by atoms with van der Waals surface area (Å²) in [5.74, 6) is -3.31. The average Bonchev–Trinajstić information content (AvgIpc) is 3.00. The molecular formula is C15H11F6NO3. The summed E-state index contributed by atoms with van der Waals surface area (Å²) in [5.41, 5.74) is -4.01. The van der Waals surface area contributed by atoms with Crippen LogP contribution in [0.25, 0.3) is 0 Å². The first-order valence-corrected chi connectivity index (χ1v) is 7.22. The van der Waals surface area contributed by atoms with Crippen molar-refractivity contribution >= 4 is 11.9 Å². The topological polar surface area (TPSA) is 57.6 Å². The number of likely N-dealkylation sites (tertiary alicyclic amines) is 1. The third-order valence-electron chi connectivity index (χ3n) is 4.65. The predicted molar refractivity (Wildman–Crippen MR) is 70.5 cm³/mol. The van der Waals surface area contributed by atoms with Gasteiger partial charge in [0.1, 0.15) is 0 Å². The largest absolute Gasteiger partial charge is 0.481 e. The highest BCUT2D eigenvalue weighted by Gasteiger charge is 2.60. The fourth-order valence-corrected chi connectivity index (χ4v) is 3.37. The Labute approximate surface area is 137 Å². The first-order valence-electron chi connectivity index (χ1n) is 7.22. The van der Waals surface area contributed by atoms with E-state index in [1.165, 1.54) is 0 Å². The minimum absolute atomic E-state index is 0.0151. The summed E-state index contributed by atoms with van der Waals surface area (Å²) in [7, 11) is 0. The van der Waals surface area contributed by atoms with Gasteiger partial charge in [0.25, 0.3) is 5.91 Å². The highest BCUT2D eigenvalue weighted by atomic mass is 19.4. The summed E-state index contributed by atoms with van der Waals surface area (Å²) in [6, 6.07) is 0.871. The third kappa shape index (κ3) is 3.05. The Morgan fingerprint density at radius 2 is 1.56 bits per heavy atom. The molecule has 1 aromatic carbocycles. The second-order valence-corrected chi connectivity index (χ2v) is 6.16. The van der Waals surface area contributed by atoms with E-state index in [4.69, 9.17) is 5.11 Å². The van der Waals surface area contributed by atoms with Gasteiger partial charge in [0.15, 0.2) is 0 Å². The standard InChI is InChI=1S/C15H11F6NO3/c16-14(17,18)6-1-2-7(10(3-6)15(19,20)21)12(23)22-4-8-9(5-22)11(8)13(24)25/h1-3,8-9,11H,4-5H2,(H,24,25). The SMILES string of the molecule is O=C(O)C1C2CN(C(=O)c3ccc(C(F)(F)F)cc3C(F)(F)F)CC21. The molecule has 0 aromatic heterocycles. The van der Waals surface area contributed by atoms with Crippen LogP contribution in [0.5, 0.6) is 0 Å². The lowest BCUT2D eigenvalue weighted by atomic mass is 10.0. The molecule has 2 atom stereocenters. The van der Waals surface area contributed by atoms with Crippen molar-refractivity contribution in [2.45, 2.75) is 12.4 Å². The Morgan fingerprint density at radius 3 is 2.00 bits per heavy atom. The van der Waals surface area contributed by atoms with E-state index in [-0.39, 0.29) is 31.0 Å². The molecule has 1 N–H and O–H groups in total. The molecule has 136 valence electrons. The number of aliphatic carboxylic acids is 1. The number of hydrogen-bond donors (Lipinski definition) is 1. The number of benzene rings is 1. The lowest BCUT2D eigenvalue weighted by molar-refractivity contribution is -0.143. The minimum Gasteiger partial charge on any atom is -0.481 e. The van der Waals surface area contributed by atoms with E-state index >= 15 is 0 Å². The highest BCUT2D eigenvalue weighted by molar-refractivity contribution is 5.96. The maximum absolute atomic E-state index is 13.1. The second kappa shape index (κ2) is 5.37. The molecule has 10 heteroatoms. The highest BCUT2D eigenvalue weighted by Crippen LogP contribution is 2.52. The number of hydrogen-bond acceptors (Lipinski definition) is 2. The molecule has 2 aliphatic rings.